The Balaban J connectivity index is 0.000000260. The van der Waals surface area contributed by atoms with Crippen molar-refractivity contribution in [2.45, 2.75) is 72.1 Å². The fourth-order valence-electron chi connectivity index (χ4n) is 4.22. The number of likely N-dealkylation sites (tertiary alicyclic amines) is 2. The molecule has 2 saturated heterocycles. The first-order valence-electron chi connectivity index (χ1n) is 14.6. The monoisotopic (exact) mass is 820 g/mol. The Labute approximate surface area is 282 Å². The van der Waals surface area contributed by atoms with Gasteiger partial charge in [-0.3, -0.25) is 20.8 Å². The Kier molecular flexibility index (Phi) is 18.7. The second-order valence-corrected chi connectivity index (χ2v) is 11.5. The molecule has 43 heavy (non-hydrogen) atoms. The van der Waals surface area contributed by atoms with Crippen molar-refractivity contribution in [2.75, 3.05) is 26.2 Å². The van der Waals surface area contributed by atoms with Gasteiger partial charge in [0.2, 0.25) is 0 Å². The van der Waals surface area contributed by atoms with Crippen molar-refractivity contribution >= 4 is 77.2 Å². The maximum atomic E-state index is 9.62. The summed E-state index contributed by atoms with van der Waals surface area (Å²) in [7, 11) is 0. The Hall–Kier alpha value is -2.63. The number of carbonyl (C=O) groups is 1. The molecular weight excluding hydrogens is 777 g/mol. The quantitative estimate of drug-likeness (QED) is 0.195. The summed E-state index contributed by atoms with van der Waals surface area (Å²) in [5.74, 6) is -0.196. The van der Waals surface area contributed by atoms with E-state index in [2.05, 4.69) is 43.6 Å². The molecule has 0 atom stereocenters. The summed E-state index contributed by atoms with van der Waals surface area (Å²) < 4.78 is 4.22. The van der Waals surface area contributed by atoms with Crippen LogP contribution in [-0.2, 0) is 7.61 Å². The van der Waals surface area contributed by atoms with E-state index < -0.39 is 0 Å². The van der Waals surface area contributed by atoms with Crippen LogP contribution in [0.2, 0.25) is 0 Å². The Morgan fingerprint density at radius 3 is 1.35 bits per heavy atom. The second-order valence-electron chi connectivity index (χ2n) is 10.0. The third-order valence-electron chi connectivity index (χ3n) is 6.62. The van der Waals surface area contributed by atoms with Crippen LogP contribution in [0.4, 0.5) is 0 Å². The van der Waals surface area contributed by atoms with Gasteiger partial charge in [0.25, 0.3) is 0 Å². The molecular formula is C30H43BiN8O2S2. The first-order chi connectivity index (χ1) is 20.8. The fraction of sp³-hybridized carbons (Fsp3) is 0.500. The van der Waals surface area contributed by atoms with Crippen molar-refractivity contribution in [2.24, 2.45) is 10.2 Å². The van der Waals surface area contributed by atoms with Crippen LogP contribution in [0.1, 0.15) is 83.5 Å². The van der Waals surface area contributed by atoms with E-state index in [0.29, 0.717) is 25.2 Å². The molecule has 4 heterocycles. The number of hydrogen-bond donors (Lipinski definition) is 2. The van der Waals surface area contributed by atoms with Crippen LogP contribution < -0.4 is 10.9 Å². The van der Waals surface area contributed by atoms with Crippen molar-refractivity contribution in [3.63, 3.8) is 0 Å². The molecule has 2 radical (unpaired) electrons. The van der Waals surface area contributed by atoms with E-state index in [1.807, 2.05) is 50.2 Å². The van der Waals surface area contributed by atoms with Crippen molar-refractivity contribution < 1.29 is 7.61 Å². The van der Waals surface area contributed by atoms with Gasteiger partial charge in [-0.15, -0.1) is 0 Å². The van der Waals surface area contributed by atoms with E-state index >= 15 is 0 Å². The summed E-state index contributed by atoms with van der Waals surface area (Å²) in [4.78, 5) is 22.5. The molecule has 2 aliphatic heterocycles. The topological polar surface area (TPSA) is 107 Å². The zero-order valence-corrected chi connectivity index (χ0v) is 30.5. The minimum atomic E-state index is -0.196. The van der Waals surface area contributed by atoms with E-state index in [-0.39, 0.29) is 5.97 Å². The number of nitrogens with zero attached hydrogens (tertiary/aromatic N) is 6. The van der Waals surface area contributed by atoms with E-state index in [9.17, 15) is 4.79 Å². The minimum absolute atomic E-state index is 0.196. The second kappa shape index (κ2) is 22.0. The predicted octanol–water partition coefficient (Wildman–Crippen LogP) is 4.75. The molecule has 10 nitrogen and oxygen atoms in total. The Bertz CT molecular complexity index is 1080. The number of hydrazone groups is 2. The molecule has 2 aromatic heterocycles. The first-order valence-corrected chi connectivity index (χ1v) is 16.9. The van der Waals surface area contributed by atoms with Gasteiger partial charge in [-0.05, 0) is 88.2 Å². The molecule has 232 valence electrons. The molecule has 0 bridgehead atoms. The van der Waals surface area contributed by atoms with Crippen molar-refractivity contribution in [1.82, 2.24) is 30.6 Å². The molecule has 0 amide bonds. The van der Waals surface area contributed by atoms with Crippen LogP contribution in [0.3, 0.4) is 0 Å². The third kappa shape index (κ3) is 15.6. The van der Waals surface area contributed by atoms with Gasteiger partial charge in [0, 0.05) is 38.6 Å². The fourth-order valence-corrected chi connectivity index (χ4v) is 4.68. The third-order valence-corrected chi connectivity index (χ3v) is 8.32. The number of nitrogens with one attached hydrogen (secondary N) is 2. The van der Waals surface area contributed by atoms with Gasteiger partial charge in [-0.2, -0.15) is 10.2 Å². The zero-order chi connectivity index (χ0) is 31.3. The van der Waals surface area contributed by atoms with Crippen LogP contribution in [0.5, 0.6) is 0 Å². The molecule has 2 fully saturated rings. The van der Waals surface area contributed by atoms with Crippen molar-refractivity contribution in [3.8, 4) is 0 Å². The number of thiocarbonyl (C=S) groups is 2. The van der Waals surface area contributed by atoms with Crippen LogP contribution in [0.25, 0.3) is 0 Å². The molecule has 4 rings (SSSR count). The van der Waals surface area contributed by atoms with E-state index in [1.165, 1.54) is 58.3 Å². The van der Waals surface area contributed by atoms with Gasteiger partial charge in [0.05, 0.1) is 22.8 Å². The van der Waals surface area contributed by atoms with Gasteiger partial charge in [0.15, 0.2) is 10.2 Å². The number of pyridine rings is 2. The standard InChI is InChI=1S/2C14H20N4S.C2H4O2.Bi/c2*1-12(13-8-4-5-9-15-13)16-17-14(19)18-10-6-2-3-7-11-18;1-2(3)4;/h2*4-5,8-9H,2-3,6-7,10-11H2,1H3,(H,17,19);1H3,(H,3,4);/q;;;+1/p-1/b2*16-12+;;. The SMILES string of the molecule is C/C(=N\NC(=S)N1CCCCCC1)c1ccccn1.C/C(=N\NC(=S)N1CCCCCC1)c1ccccn1.CC(=O)[O][Bi]. The molecule has 0 unspecified atom stereocenters. The number of rotatable bonds is 4. The summed E-state index contributed by atoms with van der Waals surface area (Å²) >= 11 is 11.5. The summed E-state index contributed by atoms with van der Waals surface area (Å²) in [6, 6.07) is 11.6. The van der Waals surface area contributed by atoms with E-state index in [0.717, 1.165) is 59.2 Å². The van der Waals surface area contributed by atoms with Gasteiger partial charge in [0.1, 0.15) is 0 Å². The van der Waals surface area contributed by atoms with Gasteiger partial charge in [-0.25, -0.2) is 0 Å². The molecule has 2 aromatic rings. The van der Waals surface area contributed by atoms with Gasteiger partial charge in [-0.1, -0.05) is 37.8 Å². The Morgan fingerprint density at radius 1 is 0.721 bits per heavy atom. The molecule has 2 N–H and O–H groups in total. The molecule has 0 aliphatic carbocycles. The molecule has 2 aliphatic rings. The molecule has 0 spiro atoms. The van der Waals surface area contributed by atoms with Crippen LogP contribution >= 0.6 is 24.4 Å². The predicted molar refractivity (Wildman–Crippen MR) is 182 cm³/mol. The van der Waals surface area contributed by atoms with Crippen LogP contribution in [0.15, 0.2) is 59.0 Å². The first kappa shape index (κ1) is 36.6. The normalized spacial score (nSPS) is 15.7. The van der Waals surface area contributed by atoms with E-state index in [4.69, 9.17) is 24.4 Å². The number of hydrogen-bond acceptors (Lipinski definition) is 8. The summed E-state index contributed by atoms with van der Waals surface area (Å²) in [5, 5.41) is 10.1. The van der Waals surface area contributed by atoms with Crippen LogP contribution in [-0.4, -0.2) is 98.7 Å². The molecule has 13 heteroatoms. The van der Waals surface area contributed by atoms with Crippen LogP contribution in [0, 0.1) is 0 Å². The summed E-state index contributed by atoms with van der Waals surface area (Å²) in [6.45, 7) is 9.38. The van der Waals surface area contributed by atoms with Gasteiger partial charge < -0.3 is 9.80 Å². The number of carbonyl (C=O) groups excluding carboxylic acids is 1. The number of aromatic nitrogens is 2. The average Bonchev–Trinajstić information content (AvgIpc) is 3.50. The Morgan fingerprint density at radius 2 is 1.07 bits per heavy atom. The van der Waals surface area contributed by atoms with Crippen molar-refractivity contribution in [1.29, 1.82) is 0 Å². The maximum absolute atomic E-state index is 9.62. The summed E-state index contributed by atoms with van der Waals surface area (Å²) in [5.41, 5.74) is 9.40. The molecule has 0 saturated carbocycles. The van der Waals surface area contributed by atoms with Crippen molar-refractivity contribution in [3.05, 3.63) is 60.2 Å². The summed E-state index contributed by atoms with van der Waals surface area (Å²) in [6.07, 6.45) is 13.6. The molecule has 0 aromatic carbocycles. The average molecular weight is 821 g/mol. The van der Waals surface area contributed by atoms with Gasteiger partial charge >= 0.3 is 45.7 Å². The zero-order valence-electron chi connectivity index (χ0n) is 25.4. The van der Waals surface area contributed by atoms with E-state index in [1.54, 1.807) is 12.4 Å².